The summed E-state index contributed by atoms with van der Waals surface area (Å²) in [5.41, 5.74) is 5.90. The Morgan fingerprint density at radius 3 is 2.14 bits per heavy atom. The number of piperidine rings is 1. The van der Waals surface area contributed by atoms with Crippen LogP contribution in [0.2, 0.25) is 0 Å². The molecule has 0 saturated carbocycles. The molecule has 1 aliphatic heterocycles. The maximum Gasteiger partial charge on any atom is 0.238 e. The Bertz CT molecular complexity index is 969. The number of rotatable bonds is 5. The van der Waals surface area contributed by atoms with E-state index in [-0.39, 0.29) is 16.7 Å². The molecular formula is C22H29N3O3S. The Hall–Kier alpha value is -2.22. The van der Waals surface area contributed by atoms with Crippen molar-refractivity contribution < 1.29 is 13.2 Å². The molecule has 0 aliphatic carbocycles. The molecule has 0 aromatic heterocycles. The number of hydrogen-bond acceptors (Lipinski definition) is 4. The first kappa shape index (κ1) is 21.5. The van der Waals surface area contributed by atoms with Gasteiger partial charge in [0.25, 0.3) is 0 Å². The molecule has 1 fully saturated rings. The lowest BCUT2D eigenvalue weighted by atomic mass is 9.94. The summed E-state index contributed by atoms with van der Waals surface area (Å²) >= 11 is 0. The molecule has 0 unspecified atom stereocenters. The van der Waals surface area contributed by atoms with Gasteiger partial charge in [-0.05, 0) is 87.7 Å². The fourth-order valence-electron chi connectivity index (χ4n) is 4.01. The predicted molar refractivity (Wildman–Crippen MR) is 115 cm³/mol. The highest BCUT2D eigenvalue weighted by Crippen LogP contribution is 2.24. The summed E-state index contributed by atoms with van der Waals surface area (Å²) in [6, 6.07) is 10.4. The first-order valence-electron chi connectivity index (χ1n) is 9.86. The minimum absolute atomic E-state index is 0.0179. The van der Waals surface area contributed by atoms with Gasteiger partial charge in [0.05, 0.1) is 4.90 Å². The van der Waals surface area contributed by atoms with Crippen LogP contribution in [0.25, 0.3) is 0 Å². The summed E-state index contributed by atoms with van der Waals surface area (Å²) in [6.45, 7) is 9.13. The zero-order valence-corrected chi connectivity index (χ0v) is 18.1. The average Bonchev–Trinajstić information content (AvgIpc) is 2.65. The van der Waals surface area contributed by atoms with Crippen LogP contribution in [0.3, 0.4) is 0 Å². The zero-order valence-electron chi connectivity index (χ0n) is 17.2. The maximum absolute atomic E-state index is 12.6. The third kappa shape index (κ3) is 5.44. The third-order valence-electron chi connectivity index (χ3n) is 5.63. The lowest BCUT2D eigenvalue weighted by Crippen LogP contribution is -2.38. The molecule has 2 aromatic rings. The van der Waals surface area contributed by atoms with Crippen molar-refractivity contribution in [2.24, 2.45) is 11.1 Å². The highest BCUT2D eigenvalue weighted by molar-refractivity contribution is 7.89. The molecule has 156 valence electrons. The lowest BCUT2D eigenvalue weighted by molar-refractivity contribution is -0.121. The van der Waals surface area contributed by atoms with E-state index in [0.29, 0.717) is 5.69 Å². The van der Waals surface area contributed by atoms with Gasteiger partial charge in [0.1, 0.15) is 0 Å². The van der Waals surface area contributed by atoms with Crippen LogP contribution in [0, 0.1) is 26.7 Å². The topological polar surface area (TPSA) is 92.5 Å². The minimum atomic E-state index is -3.73. The molecule has 2 aromatic carbocycles. The van der Waals surface area contributed by atoms with Crippen LogP contribution >= 0.6 is 0 Å². The van der Waals surface area contributed by atoms with Gasteiger partial charge < -0.3 is 5.32 Å². The molecule has 1 saturated heterocycles. The van der Waals surface area contributed by atoms with Crippen molar-refractivity contribution >= 4 is 21.6 Å². The Morgan fingerprint density at radius 1 is 1.07 bits per heavy atom. The van der Waals surface area contributed by atoms with Crippen molar-refractivity contribution in [2.75, 3.05) is 18.4 Å². The summed E-state index contributed by atoms with van der Waals surface area (Å²) in [5.74, 6) is -0.0555. The molecule has 1 heterocycles. The molecule has 1 aliphatic rings. The first-order chi connectivity index (χ1) is 13.6. The number of primary sulfonamides is 1. The lowest BCUT2D eigenvalue weighted by Gasteiger charge is -2.32. The van der Waals surface area contributed by atoms with Crippen molar-refractivity contribution in [2.45, 2.75) is 45.1 Å². The van der Waals surface area contributed by atoms with E-state index in [1.807, 2.05) is 0 Å². The fourth-order valence-corrected chi connectivity index (χ4v) is 4.52. The number of amides is 1. The van der Waals surface area contributed by atoms with E-state index in [9.17, 15) is 13.2 Å². The van der Waals surface area contributed by atoms with Gasteiger partial charge in [-0.3, -0.25) is 9.69 Å². The van der Waals surface area contributed by atoms with E-state index < -0.39 is 10.0 Å². The van der Waals surface area contributed by atoms with Gasteiger partial charge in [-0.1, -0.05) is 17.7 Å². The van der Waals surface area contributed by atoms with E-state index in [0.717, 1.165) is 32.5 Å². The number of hydrogen-bond donors (Lipinski definition) is 2. The second kappa shape index (κ2) is 8.65. The molecule has 7 heteroatoms. The molecule has 0 spiro atoms. The standard InChI is InChI=1S/C22H29N3O3S/c1-15-12-16(2)21(17(3)13-15)14-25-10-8-18(9-11-25)22(26)24-19-4-6-20(7-5-19)29(23,27)28/h4-7,12-13,18H,8-11,14H2,1-3H3,(H,24,26)(H2,23,27,28). The van der Waals surface area contributed by atoms with E-state index in [1.54, 1.807) is 12.1 Å². The number of likely N-dealkylation sites (tertiary alicyclic amines) is 1. The summed E-state index contributed by atoms with van der Waals surface area (Å²) in [5, 5.41) is 7.99. The van der Waals surface area contributed by atoms with Crippen molar-refractivity contribution in [3.63, 3.8) is 0 Å². The van der Waals surface area contributed by atoms with Crippen molar-refractivity contribution in [1.29, 1.82) is 0 Å². The number of carbonyl (C=O) groups excluding carboxylic acids is 1. The van der Waals surface area contributed by atoms with Gasteiger partial charge >= 0.3 is 0 Å². The fraction of sp³-hybridized carbons (Fsp3) is 0.409. The minimum Gasteiger partial charge on any atom is -0.326 e. The number of nitrogens with two attached hydrogens (primary N) is 1. The van der Waals surface area contributed by atoms with E-state index in [2.05, 4.69) is 43.1 Å². The van der Waals surface area contributed by atoms with Crippen molar-refractivity contribution in [3.8, 4) is 0 Å². The SMILES string of the molecule is Cc1cc(C)c(CN2CCC(C(=O)Nc3ccc(S(N)(=O)=O)cc3)CC2)c(C)c1. The molecule has 29 heavy (non-hydrogen) atoms. The average molecular weight is 416 g/mol. The van der Waals surface area contributed by atoms with Crippen LogP contribution in [0.15, 0.2) is 41.3 Å². The predicted octanol–water partition coefficient (Wildman–Crippen LogP) is 3.11. The summed E-state index contributed by atoms with van der Waals surface area (Å²) < 4.78 is 22.6. The molecule has 3 N–H and O–H groups in total. The van der Waals surface area contributed by atoms with Gasteiger partial charge in [-0.25, -0.2) is 13.6 Å². The molecule has 0 bridgehead atoms. The molecule has 3 rings (SSSR count). The number of benzene rings is 2. The first-order valence-corrected chi connectivity index (χ1v) is 11.4. The van der Waals surface area contributed by atoms with E-state index in [1.165, 1.54) is 34.4 Å². The molecule has 0 radical (unpaired) electrons. The van der Waals surface area contributed by atoms with E-state index in [4.69, 9.17) is 5.14 Å². The van der Waals surface area contributed by atoms with Gasteiger partial charge in [0, 0.05) is 18.2 Å². The molecule has 1 amide bonds. The summed E-state index contributed by atoms with van der Waals surface area (Å²) in [7, 11) is -3.73. The number of aryl methyl sites for hydroxylation is 3. The van der Waals surface area contributed by atoms with Crippen LogP contribution in [0.1, 0.15) is 35.1 Å². The largest absolute Gasteiger partial charge is 0.326 e. The Balaban J connectivity index is 1.54. The molecule has 0 atom stereocenters. The highest BCUT2D eigenvalue weighted by Gasteiger charge is 2.25. The van der Waals surface area contributed by atoms with Gasteiger partial charge in [0.2, 0.25) is 15.9 Å². The summed E-state index contributed by atoms with van der Waals surface area (Å²) in [6.07, 6.45) is 1.62. The molecular weight excluding hydrogens is 386 g/mol. The van der Waals surface area contributed by atoms with Crippen LogP contribution in [0.5, 0.6) is 0 Å². The van der Waals surface area contributed by atoms with E-state index >= 15 is 0 Å². The smallest absolute Gasteiger partial charge is 0.238 e. The Labute approximate surface area is 173 Å². The summed E-state index contributed by atoms with van der Waals surface area (Å²) in [4.78, 5) is 15.0. The van der Waals surface area contributed by atoms with Crippen LogP contribution in [0.4, 0.5) is 5.69 Å². The number of nitrogens with one attached hydrogen (secondary N) is 1. The van der Waals surface area contributed by atoms with Crippen molar-refractivity contribution in [1.82, 2.24) is 4.90 Å². The molecule has 6 nitrogen and oxygen atoms in total. The van der Waals surface area contributed by atoms with Gasteiger partial charge in [-0.15, -0.1) is 0 Å². The van der Waals surface area contributed by atoms with Crippen LogP contribution in [-0.4, -0.2) is 32.3 Å². The zero-order chi connectivity index (χ0) is 21.2. The van der Waals surface area contributed by atoms with Crippen molar-refractivity contribution in [3.05, 3.63) is 58.7 Å². The van der Waals surface area contributed by atoms with Crippen LogP contribution < -0.4 is 10.5 Å². The normalized spacial score (nSPS) is 16.0. The Kier molecular flexibility index (Phi) is 6.41. The Morgan fingerprint density at radius 2 is 1.62 bits per heavy atom. The number of sulfonamides is 1. The number of anilines is 1. The second-order valence-electron chi connectivity index (χ2n) is 7.99. The number of nitrogens with zero attached hydrogens (tertiary/aromatic N) is 1. The maximum atomic E-state index is 12.6. The monoisotopic (exact) mass is 415 g/mol. The quantitative estimate of drug-likeness (QED) is 0.785. The number of carbonyl (C=O) groups is 1. The highest BCUT2D eigenvalue weighted by atomic mass is 32.2. The van der Waals surface area contributed by atoms with Gasteiger partial charge in [0.15, 0.2) is 0 Å². The van der Waals surface area contributed by atoms with Gasteiger partial charge in [-0.2, -0.15) is 0 Å². The van der Waals surface area contributed by atoms with Crippen LogP contribution in [-0.2, 0) is 21.4 Å². The second-order valence-corrected chi connectivity index (χ2v) is 9.55. The third-order valence-corrected chi connectivity index (χ3v) is 6.56.